The average Bonchev–Trinajstić information content (AvgIpc) is 2.82. The van der Waals surface area contributed by atoms with E-state index in [-0.39, 0.29) is 5.91 Å². The highest BCUT2D eigenvalue weighted by Crippen LogP contribution is 2.38. The fourth-order valence-electron chi connectivity index (χ4n) is 2.98. The Balaban J connectivity index is 2.39. The molecule has 4 nitrogen and oxygen atoms in total. The van der Waals surface area contributed by atoms with E-state index < -0.39 is 0 Å². The Morgan fingerprint density at radius 3 is 2.56 bits per heavy atom. The van der Waals surface area contributed by atoms with Crippen LogP contribution in [0.1, 0.15) is 49.6 Å². The van der Waals surface area contributed by atoms with E-state index in [4.69, 9.17) is 9.15 Å². The monoisotopic (exact) mass is 343 g/mol. The molecule has 0 radical (unpaired) electrons. The highest BCUT2D eigenvalue weighted by Gasteiger charge is 2.18. The molecule has 1 aromatic carbocycles. The summed E-state index contributed by atoms with van der Waals surface area (Å²) in [6.07, 6.45) is 2.62. The predicted molar refractivity (Wildman–Crippen MR) is 103 cm³/mol. The molecule has 0 aliphatic carbocycles. The van der Waals surface area contributed by atoms with E-state index in [1.165, 1.54) is 0 Å². The van der Waals surface area contributed by atoms with Gasteiger partial charge in [0.1, 0.15) is 17.1 Å². The summed E-state index contributed by atoms with van der Waals surface area (Å²) in [6, 6.07) is 2.06. The van der Waals surface area contributed by atoms with Gasteiger partial charge in [0.15, 0.2) is 0 Å². The summed E-state index contributed by atoms with van der Waals surface area (Å²) in [6.45, 7) is 12.9. The minimum absolute atomic E-state index is 0.0713. The van der Waals surface area contributed by atoms with Gasteiger partial charge in [-0.15, -0.1) is 0 Å². The van der Waals surface area contributed by atoms with E-state index in [1.54, 1.807) is 13.2 Å². The fourth-order valence-corrected chi connectivity index (χ4v) is 2.98. The van der Waals surface area contributed by atoms with Crippen molar-refractivity contribution in [1.29, 1.82) is 0 Å². The van der Waals surface area contributed by atoms with Crippen LogP contribution in [0.4, 0.5) is 0 Å². The van der Waals surface area contributed by atoms with E-state index in [0.29, 0.717) is 12.5 Å². The lowest BCUT2D eigenvalue weighted by Crippen LogP contribution is -2.23. The Hall–Kier alpha value is -2.23. The molecule has 25 heavy (non-hydrogen) atoms. The second-order valence-electron chi connectivity index (χ2n) is 7.04. The summed E-state index contributed by atoms with van der Waals surface area (Å²) in [7, 11) is 1.65. The van der Waals surface area contributed by atoms with Crippen LogP contribution in [0.15, 0.2) is 16.6 Å². The first-order valence-electron chi connectivity index (χ1n) is 8.80. The number of ether oxygens (including phenoxy) is 1. The molecule has 0 bridgehead atoms. The average molecular weight is 343 g/mol. The van der Waals surface area contributed by atoms with Gasteiger partial charge in [0, 0.05) is 29.1 Å². The fraction of sp³-hybridized carbons (Fsp3) is 0.476. The maximum atomic E-state index is 12.2. The van der Waals surface area contributed by atoms with Crippen molar-refractivity contribution in [2.75, 3.05) is 13.7 Å². The molecule has 1 N–H and O–H groups in total. The zero-order valence-corrected chi connectivity index (χ0v) is 16.4. The normalized spacial score (nSPS) is 12.1. The number of methoxy groups -OCH3 is 1. The van der Waals surface area contributed by atoms with Gasteiger partial charge in [-0.3, -0.25) is 4.79 Å². The highest BCUT2D eigenvalue weighted by molar-refractivity contribution is 5.98. The van der Waals surface area contributed by atoms with Crippen LogP contribution >= 0.6 is 0 Å². The lowest BCUT2D eigenvalue weighted by atomic mass is 9.98. The van der Waals surface area contributed by atoms with Crippen LogP contribution < -0.4 is 10.1 Å². The first-order chi connectivity index (χ1) is 11.8. The smallest absolute Gasteiger partial charge is 0.244 e. The Morgan fingerprint density at radius 2 is 1.96 bits per heavy atom. The van der Waals surface area contributed by atoms with Gasteiger partial charge >= 0.3 is 0 Å². The minimum atomic E-state index is -0.0713. The molecular weight excluding hydrogens is 314 g/mol. The lowest BCUT2D eigenvalue weighted by Gasteiger charge is -2.13. The highest BCUT2D eigenvalue weighted by atomic mass is 16.5. The van der Waals surface area contributed by atoms with Gasteiger partial charge in [-0.1, -0.05) is 13.8 Å². The molecule has 0 fully saturated rings. The van der Waals surface area contributed by atoms with Gasteiger partial charge in [-0.05, 0) is 57.2 Å². The van der Waals surface area contributed by atoms with Crippen LogP contribution in [0.3, 0.4) is 0 Å². The second kappa shape index (κ2) is 7.77. The molecule has 1 aromatic heterocycles. The van der Waals surface area contributed by atoms with Crippen molar-refractivity contribution < 1.29 is 13.9 Å². The summed E-state index contributed by atoms with van der Waals surface area (Å²) >= 11 is 0. The third-order valence-corrected chi connectivity index (χ3v) is 4.64. The van der Waals surface area contributed by atoms with Crippen molar-refractivity contribution in [2.24, 2.45) is 5.92 Å². The molecule has 2 rings (SSSR count). The second-order valence-corrected chi connectivity index (χ2v) is 7.04. The van der Waals surface area contributed by atoms with Crippen LogP contribution in [0.2, 0.25) is 0 Å². The Morgan fingerprint density at radius 1 is 1.28 bits per heavy atom. The first kappa shape index (κ1) is 19.1. The molecular formula is C21H29NO3. The molecule has 0 atom stereocenters. The molecule has 2 aromatic rings. The number of amides is 1. The quantitative estimate of drug-likeness (QED) is 0.756. The van der Waals surface area contributed by atoms with E-state index in [2.05, 4.69) is 32.2 Å². The number of hydrogen-bond acceptors (Lipinski definition) is 3. The van der Waals surface area contributed by atoms with Crippen LogP contribution in [0.5, 0.6) is 5.75 Å². The van der Waals surface area contributed by atoms with Crippen molar-refractivity contribution in [2.45, 2.75) is 48.0 Å². The molecule has 0 saturated carbocycles. The Bertz CT molecular complexity index is 812. The third kappa shape index (κ3) is 4.06. The zero-order valence-electron chi connectivity index (χ0n) is 16.4. The number of rotatable bonds is 6. The van der Waals surface area contributed by atoms with Gasteiger partial charge in [0.05, 0.1) is 7.11 Å². The third-order valence-electron chi connectivity index (χ3n) is 4.64. The van der Waals surface area contributed by atoms with E-state index in [0.717, 1.165) is 51.2 Å². The number of furan rings is 1. The number of hydrogen-bond donors (Lipinski definition) is 1. The van der Waals surface area contributed by atoms with Gasteiger partial charge < -0.3 is 14.5 Å². The summed E-state index contributed by atoms with van der Waals surface area (Å²) in [4.78, 5) is 12.2. The first-order valence-corrected chi connectivity index (χ1v) is 8.80. The molecule has 0 spiro atoms. The van der Waals surface area contributed by atoms with Crippen molar-refractivity contribution in [1.82, 2.24) is 5.32 Å². The molecule has 4 heteroatoms. The van der Waals surface area contributed by atoms with Crippen molar-refractivity contribution >= 4 is 22.4 Å². The summed E-state index contributed by atoms with van der Waals surface area (Å²) in [5.41, 5.74) is 4.73. The molecule has 0 unspecified atom stereocenters. The molecule has 0 saturated heterocycles. The molecule has 1 amide bonds. The Labute approximate surface area is 150 Å². The maximum absolute atomic E-state index is 12.2. The van der Waals surface area contributed by atoms with E-state index in [1.807, 2.05) is 20.8 Å². The molecule has 0 aliphatic rings. The zero-order chi connectivity index (χ0) is 18.7. The van der Waals surface area contributed by atoms with Crippen molar-refractivity contribution in [3.05, 3.63) is 34.6 Å². The van der Waals surface area contributed by atoms with Gasteiger partial charge in [0.2, 0.25) is 5.91 Å². The topological polar surface area (TPSA) is 51.5 Å². The number of aryl methyl sites for hydroxylation is 3. The van der Waals surface area contributed by atoms with Crippen LogP contribution in [-0.4, -0.2) is 19.6 Å². The minimum Gasteiger partial charge on any atom is -0.496 e. The number of carbonyl (C=O) groups excluding carboxylic acids is 1. The molecule has 136 valence electrons. The lowest BCUT2D eigenvalue weighted by molar-refractivity contribution is -0.116. The summed E-state index contributed by atoms with van der Waals surface area (Å²) < 4.78 is 11.5. The van der Waals surface area contributed by atoms with Gasteiger partial charge in [-0.25, -0.2) is 0 Å². The number of nitrogens with one attached hydrogen (secondary N) is 1. The van der Waals surface area contributed by atoms with Crippen LogP contribution in [-0.2, 0) is 4.79 Å². The predicted octanol–water partition coefficient (Wildman–Crippen LogP) is 4.93. The largest absolute Gasteiger partial charge is 0.496 e. The van der Waals surface area contributed by atoms with Crippen LogP contribution in [0, 0.1) is 26.7 Å². The number of allylic oxidation sites excluding steroid dienone is 1. The van der Waals surface area contributed by atoms with E-state index in [9.17, 15) is 4.79 Å². The Kier molecular flexibility index (Phi) is 5.93. The van der Waals surface area contributed by atoms with Gasteiger partial charge in [-0.2, -0.15) is 0 Å². The molecule has 1 heterocycles. The number of fused-ring (bicyclic) bond motifs is 1. The number of benzene rings is 1. The maximum Gasteiger partial charge on any atom is 0.244 e. The van der Waals surface area contributed by atoms with Gasteiger partial charge in [0.25, 0.3) is 0 Å². The number of carbonyl (C=O) groups is 1. The summed E-state index contributed by atoms with van der Waals surface area (Å²) in [5.74, 6) is 2.16. The summed E-state index contributed by atoms with van der Waals surface area (Å²) in [5, 5.41) is 4.01. The van der Waals surface area contributed by atoms with Crippen molar-refractivity contribution in [3.8, 4) is 5.75 Å². The molecule has 0 aliphatic heterocycles. The van der Waals surface area contributed by atoms with Crippen molar-refractivity contribution in [3.63, 3.8) is 0 Å². The standard InChI is InChI=1S/C21H29NO3/c1-12(2)8-9-22-19(23)10-13(3)17-11-18-14(4)16(6)25-21(18)15(5)20(17)24-7/h10-12H,8-9H2,1-7H3,(H,22,23)/b13-10+. The van der Waals surface area contributed by atoms with E-state index >= 15 is 0 Å². The van der Waals surface area contributed by atoms with Crippen LogP contribution in [0.25, 0.3) is 16.5 Å². The SMILES string of the molecule is COc1c(/C(C)=C/C(=O)NCCC(C)C)cc2c(C)c(C)oc2c1C.